The zero-order valence-corrected chi connectivity index (χ0v) is 15.0. The van der Waals surface area contributed by atoms with Crippen LogP contribution in [0.4, 0.5) is 5.82 Å². The molecule has 0 bridgehead atoms. The molecule has 26 heavy (non-hydrogen) atoms. The number of hydrogen-bond acceptors (Lipinski definition) is 7. The standard InChI is InChI=1S/C18H22N8/c1-12-20-16-7-9-19-8-6-15(16)18(21-12)26(2)11-13-4-3-5-14(10-13)17-22-24-25-23-17/h3-5,10,19H,6-9,11H2,1-2H3,(H,22,23,24,25). The summed E-state index contributed by atoms with van der Waals surface area (Å²) in [4.78, 5) is 11.6. The monoisotopic (exact) mass is 350 g/mol. The molecule has 1 aliphatic heterocycles. The van der Waals surface area contributed by atoms with E-state index >= 15 is 0 Å². The number of anilines is 1. The Morgan fingerprint density at radius 2 is 2.04 bits per heavy atom. The smallest absolute Gasteiger partial charge is 0.204 e. The van der Waals surface area contributed by atoms with E-state index in [9.17, 15) is 0 Å². The van der Waals surface area contributed by atoms with Crippen LogP contribution in [-0.4, -0.2) is 50.7 Å². The van der Waals surface area contributed by atoms with Gasteiger partial charge in [0.05, 0.1) is 5.69 Å². The summed E-state index contributed by atoms with van der Waals surface area (Å²) in [6.45, 7) is 4.65. The molecule has 0 fully saturated rings. The normalized spacial score (nSPS) is 13.9. The molecule has 0 atom stereocenters. The van der Waals surface area contributed by atoms with Crippen molar-refractivity contribution in [1.82, 2.24) is 35.9 Å². The minimum Gasteiger partial charge on any atom is -0.355 e. The second-order valence-corrected chi connectivity index (χ2v) is 6.56. The second-order valence-electron chi connectivity index (χ2n) is 6.56. The van der Waals surface area contributed by atoms with Crippen LogP contribution in [0.5, 0.6) is 0 Å². The lowest BCUT2D eigenvalue weighted by molar-refractivity contribution is 0.708. The topological polar surface area (TPSA) is 95.5 Å². The van der Waals surface area contributed by atoms with Gasteiger partial charge in [0.15, 0.2) is 0 Å². The fourth-order valence-corrected chi connectivity index (χ4v) is 3.40. The lowest BCUT2D eigenvalue weighted by Crippen LogP contribution is -2.22. The molecule has 1 aliphatic rings. The number of nitrogens with one attached hydrogen (secondary N) is 2. The van der Waals surface area contributed by atoms with Gasteiger partial charge in [0.25, 0.3) is 0 Å². The Hall–Kier alpha value is -2.87. The first-order valence-electron chi connectivity index (χ1n) is 8.82. The number of tetrazole rings is 1. The predicted molar refractivity (Wildman–Crippen MR) is 98.8 cm³/mol. The Labute approximate surface area is 152 Å². The van der Waals surface area contributed by atoms with E-state index in [1.165, 1.54) is 16.8 Å². The number of fused-ring (bicyclic) bond motifs is 1. The molecule has 134 valence electrons. The van der Waals surface area contributed by atoms with E-state index in [1.807, 2.05) is 19.1 Å². The summed E-state index contributed by atoms with van der Waals surface area (Å²) in [5.74, 6) is 2.46. The minimum atomic E-state index is 0.604. The quantitative estimate of drug-likeness (QED) is 0.732. The van der Waals surface area contributed by atoms with Gasteiger partial charge >= 0.3 is 0 Å². The summed E-state index contributed by atoms with van der Waals surface area (Å²) in [5.41, 5.74) is 4.56. The van der Waals surface area contributed by atoms with E-state index in [-0.39, 0.29) is 0 Å². The maximum Gasteiger partial charge on any atom is 0.204 e. The van der Waals surface area contributed by atoms with Crippen molar-refractivity contribution in [3.05, 3.63) is 46.9 Å². The number of aryl methyl sites for hydroxylation is 1. The number of nitrogens with zero attached hydrogens (tertiary/aromatic N) is 6. The second kappa shape index (κ2) is 7.17. The molecule has 2 aromatic heterocycles. The van der Waals surface area contributed by atoms with Gasteiger partial charge in [-0.25, -0.2) is 9.97 Å². The summed E-state index contributed by atoms with van der Waals surface area (Å²) in [5, 5.41) is 17.7. The Bertz CT molecular complexity index is 890. The lowest BCUT2D eigenvalue weighted by atomic mass is 10.1. The van der Waals surface area contributed by atoms with Crippen molar-refractivity contribution in [2.24, 2.45) is 0 Å². The van der Waals surface area contributed by atoms with E-state index < -0.39 is 0 Å². The number of hydrogen-bond donors (Lipinski definition) is 2. The summed E-state index contributed by atoms with van der Waals surface area (Å²) in [6, 6.07) is 8.20. The molecular formula is C18H22N8. The molecule has 8 heteroatoms. The van der Waals surface area contributed by atoms with Gasteiger partial charge in [-0.05, 0) is 36.7 Å². The van der Waals surface area contributed by atoms with E-state index in [2.05, 4.69) is 55.0 Å². The fourth-order valence-electron chi connectivity index (χ4n) is 3.40. The number of H-pyrrole nitrogens is 1. The number of rotatable bonds is 4. The molecule has 0 saturated carbocycles. The lowest BCUT2D eigenvalue weighted by Gasteiger charge is -2.23. The van der Waals surface area contributed by atoms with Crippen molar-refractivity contribution in [3.63, 3.8) is 0 Å². The summed E-state index contributed by atoms with van der Waals surface area (Å²) < 4.78 is 0. The first-order chi connectivity index (χ1) is 12.7. The fraction of sp³-hybridized carbons (Fsp3) is 0.389. The van der Waals surface area contributed by atoms with Crippen LogP contribution >= 0.6 is 0 Å². The first-order valence-corrected chi connectivity index (χ1v) is 8.82. The van der Waals surface area contributed by atoms with Crippen molar-refractivity contribution >= 4 is 5.82 Å². The van der Waals surface area contributed by atoms with Crippen molar-refractivity contribution in [1.29, 1.82) is 0 Å². The average Bonchev–Trinajstić information content (AvgIpc) is 3.08. The van der Waals surface area contributed by atoms with Gasteiger partial charge in [-0.1, -0.05) is 18.2 Å². The van der Waals surface area contributed by atoms with Crippen molar-refractivity contribution in [2.45, 2.75) is 26.3 Å². The van der Waals surface area contributed by atoms with Crippen LogP contribution in [0.1, 0.15) is 22.6 Å². The van der Waals surface area contributed by atoms with Gasteiger partial charge in [-0.2, -0.15) is 5.21 Å². The molecular weight excluding hydrogens is 328 g/mol. The average molecular weight is 350 g/mol. The molecule has 3 aromatic rings. The highest BCUT2D eigenvalue weighted by Gasteiger charge is 2.18. The molecule has 2 N–H and O–H groups in total. The van der Waals surface area contributed by atoms with E-state index in [4.69, 9.17) is 4.98 Å². The molecule has 0 amide bonds. The highest BCUT2D eigenvalue weighted by Crippen LogP contribution is 2.24. The largest absolute Gasteiger partial charge is 0.355 e. The maximum absolute atomic E-state index is 4.74. The van der Waals surface area contributed by atoms with Gasteiger partial charge in [-0.15, -0.1) is 10.2 Å². The van der Waals surface area contributed by atoms with Crippen LogP contribution in [0.15, 0.2) is 24.3 Å². The molecule has 8 nitrogen and oxygen atoms in total. The first kappa shape index (κ1) is 16.6. The molecule has 1 aromatic carbocycles. The third-order valence-electron chi connectivity index (χ3n) is 4.58. The van der Waals surface area contributed by atoms with E-state index in [0.717, 1.165) is 49.7 Å². The number of aromatic nitrogens is 6. The third-order valence-corrected chi connectivity index (χ3v) is 4.58. The van der Waals surface area contributed by atoms with E-state index in [0.29, 0.717) is 5.82 Å². The molecule has 0 radical (unpaired) electrons. The summed E-state index contributed by atoms with van der Waals surface area (Å²) >= 11 is 0. The Morgan fingerprint density at radius 3 is 2.88 bits per heavy atom. The molecule has 3 heterocycles. The molecule has 0 spiro atoms. The number of aromatic amines is 1. The maximum atomic E-state index is 4.74. The molecule has 0 unspecified atom stereocenters. The van der Waals surface area contributed by atoms with Crippen molar-refractivity contribution in [2.75, 3.05) is 25.0 Å². The van der Waals surface area contributed by atoms with Crippen molar-refractivity contribution < 1.29 is 0 Å². The highest BCUT2D eigenvalue weighted by molar-refractivity contribution is 5.56. The van der Waals surface area contributed by atoms with Crippen LogP contribution < -0.4 is 10.2 Å². The minimum absolute atomic E-state index is 0.604. The predicted octanol–water partition coefficient (Wildman–Crippen LogP) is 1.29. The SMILES string of the molecule is Cc1nc2c(c(N(C)Cc3cccc(-c4nn[nH]n4)c3)n1)CCNCC2. The van der Waals surface area contributed by atoms with Crippen LogP contribution in [-0.2, 0) is 19.4 Å². The summed E-state index contributed by atoms with van der Waals surface area (Å²) in [7, 11) is 2.08. The van der Waals surface area contributed by atoms with Gasteiger partial charge in [0.2, 0.25) is 5.82 Å². The Morgan fingerprint density at radius 1 is 1.15 bits per heavy atom. The van der Waals surface area contributed by atoms with Crippen LogP contribution in [0.2, 0.25) is 0 Å². The van der Waals surface area contributed by atoms with E-state index in [1.54, 1.807) is 0 Å². The Balaban J connectivity index is 1.62. The Kier molecular flexibility index (Phi) is 4.57. The van der Waals surface area contributed by atoms with Crippen LogP contribution in [0, 0.1) is 6.92 Å². The molecule has 4 rings (SSSR count). The molecule has 0 aliphatic carbocycles. The highest BCUT2D eigenvalue weighted by atomic mass is 15.5. The van der Waals surface area contributed by atoms with Gasteiger partial charge in [0.1, 0.15) is 11.6 Å². The molecule has 0 saturated heterocycles. The van der Waals surface area contributed by atoms with Crippen molar-refractivity contribution in [3.8, 4) is 11.4 Å². The zero-order chi connectivity index (χ0) is 17.9. The van der Waals surface area contributed by atoms with Crippen LogP contribution in [0.25, 0.3) is 11.4 Å². The van der Waals surface area contributed by atoms with Gasteiger partial charge < -0.3 is 10.2 Å². The summed E-state index contributed by atoms with van der Waals surface area (Å²) in [6.07, 6.45) is 1.91. The van der Waals surface area contributed by atoms with Crippen LogP contribution in [0.3, 0.4) is 0 Å². The third kappa shape index (κ3) is 3.41. The van der Waals surface area contributed by atoms with Gasteiger partial charge in [0, 0.05) is 37.7 Å². The van der Waals surface area contributed by atoms with Gasteiger partial charge in [-0.3, -0.25) is 0 Å². The number of benzene rings is 1. The zero-order valence-electron chi connectivity index (χ0n) is 15.0.